The van der Waals surface area contributed by atoms with Gasteiger partial charge in [0.1, 0.15) is 0 Å². The lowest BCUT2D eigenvalue weighted by atomic mass is 10.1. The average molecular weight is 303 g/mol. The highest BCUT2D eigenvalue weighted by molar-refractivity contribution is 5.81. The molecule has 0 bridgehead atoms. The monoisotopic (exact) mass is 303 g/mol. The van der Waals surface area contributed by atoms with Crippen molar-refractivity contribution in [2.45, 2.75) is 31.8 Å². The van der Waals surface area contributed by atoms with Gasteiger partial charge in [-0.15, -0.1) is 0 Å². The molecule has 5 heteroatoms. The van der Waals surface area contributed by atoms with Crippen LogP contribution in [0.4, 0.5) is 5.69 Å². The molecule has 3 rings (SSSR count). The van der Waals surface area contributed by atoms with Crippen molar-refractivity contribution in [2.75, 3.05) is 37.7 Å². The summed E-state index contributed by atoms with van der Waals surface area (Å²) in [6.07, 6.45) is 3.11. The van der Waals surface area contributed by atoms with E-state index in [1.165, 1.54) is 11.3 Å². The number of ether oxygens (including phenoxy) is 1. The lowest BCUT2D eigenvalue weighted by Crippen LogP contribution is -2.42. The van der Waals surface area contributed by atoms with Crippen molar-refractivity contribution >= 4 is 11.6 Å². The molecular weight excluding hydrogens is 278 g/mol. The third-order valence-corrected chi connectivity index (χ3v) is 4.40. The largest absolute Gasteiger partial charge is 0.378 e. The molecule has 2 aliphatic rings. The van der Waals surface area contributed by atoms with Gasteiger partial charge in [0.15, 0.2) is 0 Å². The van der Waals surface area contributed by atoms with Gasteiger partial charge in [-0.25, -0.2) is 0 Å². The van der Waals surface area contributed by atoms with Gasteiger partial charge in [0.25, 0.3) is 0 Å². The van der Waals surface area contributed by atoms with Crippen molar-refractivity contribution < 1.29 is 9.53 Å². The molecule has 1 atom stereocenters. The second kappa shape index (κ2) is 7.61. The van der Waals surface area contributed by atoms with Gasteiger partial charge in [0.05, 0.1) is 19.3 Å². The van der Waals surface area contributed by atoms with Gasteiger partial charge in [-0.1, -0.05) is 12.1 Å². The quantitative estimate of drug-likeness (QED) is 0.880. The molecule has 120 valence electrons. The van der Waals surface area contributed by atoms with Gasteiger partial charge >= 0.3 is 0 Å². The number of hydrogen-bond acceptors (Lipinski definition) is 4. The molecule has 0 radical (unpaired) electrons. The molecule has 0 aliphatic carbocycles. The van der Waals surface area contributed by atoms with E-state index >= 15 is 0 Å². The summed E-state index contributed by atoms with van der Waals surface area (Å²) < 4.78 is 5.38. The first kappa shape index (κ1) is 15.3. The smallest absolute Gasteiger partial charge is 0.237 e. The zero-order valence-corrected chi connectivity index (χ0v) is 13.0. The van der Waals surface area contributed by atoms with Crippen LogP contribution in [-0.4, -0.2) is 44.8 Å². The van der Waals surface area contributed by atoms with E-state index in [1.807, 2.05) is 0 Å². The number of rotatable bonds is 4. The van der Waals surface area contributed by atoms with Crippen molar-refractivity contribution in [2.24, 2.45) is 0 Å². The molecule has 2 saturated heterocycles. The molecule has 0 aromatic heterocycles. The minimum Gasteiger partial charge on any atom is -0.378 e. The molecule has 0 spiro atoms. The van der Waals surface area contributed by atoms with Crippen LogP contribution in [0.5, 0.6) is 0 Å². The number of nitrogens with one attached hydrogen (secondary N) is 2. The van der Waals surface area contributed by atoms with Crippen LogP contribution in [-0.2, 0) is 16.1 Å². The van der Waals surface area contributed by atoms with Crippen LogP contribution in [0.2, 0.25) is 0 Å². The van der Waals surface area contributed by atoms with Crippen molar-refractivity contribution in [3.05, 3.63) is 29.8 Å². The third kappa shape index (κ3) is 3.99. The zero-order valence-electron chi connectivity index (χ0n) is 13.0. The van der Waals surface area contributed by atoms with Crippen LogP contribution in [0.15, 0.2) is 24.3 Å². The normalized spacial score (nSPS) is 23.0. The Labute approximate surface area is 132 Å². The van der Waals surface area contributed by atoms with E-state index in [0.717, 1.165) is 58.7 Å². The highest BCUT2D eigenvalue weighted by Gasteiger charge is 2.19. The van der Waals surface area contributed by atoms with E-state index in [1.54, 1.807) is 0 Å². The highest BCUT2D eigenvalue weighted by atomic mass is 16.5. The summed E-state index contributed by atoms with van der Waals surface area (Å²) in [6.45, 7) is 5.08. The molecule has 0 unspecified atom stereocenters. The molecule has 1 aromatic carbocycles. The first-order valence-corrected chi connectivity index (χ1v) is 8.26. The number of anilines is 1. The summed E-state index contributed by atoms with van der Waals surface area (Å²) >= 11 is 0. The van der Waals surface area contributed by atoms with Crippen molar-refractivity contribution in [3.63, 3.8) is 0 Å². The number of carbonyl (C=O) groups excluding carboxylic acids is 1. The molecule has 2 N–H and O–H groups in total. The molecule has 5 nitrogen and oxygen atoms in total. The molecular formula is C17H25N3O2. The summed E-state index contributed by atoms with van der Waals surface area (Å²) in [6, 6.07) is 8.56. The molecule has 1 aromatic rings. The predicted octanol–water partition coefficient (Wildman–Crippen LogP) is 1.28. The number of carbonyl (C=O) groups is 1. The average Bonchev–Trinajstić information content (AvgIpc) is 2.78. The Morgan fingerprint density at radius 2 is 1.95 bits per heavy atom. The van der Waals surface area contributed by atoms with E-state index in [0.29, 0.717) is 0 Å². The maximum Gasteiger partial charge on any atom is 0.237 e. The Kier molecular flexibility index (Phi) is 5.29. The molecule has 2 aliphatic heterocycles. The van der Waals surface area contributed by atoms with Crippen LogP contribution >= 0.6 is 0 Å². The van der Waals surface area contributed by atoms with E-state index in [4.69, 9.17) is 4.74 Å². The van der Waals surface area contributed by atoms with Crippen molar-refractivity contribution in [1.29, 1.82) is 0 Å². The maximum absolute atomic E-state index is 11.9. The van der Waals surface area contributed by atoms with Crippen LogP contribution < -0.4 is 15.5 Å². The van der Waals surface area contributed by atoms with Gasteiger partial charge in [0.2, 0.25) is 5.91 Å². The van der Waals surface area contributed by atoms with E-state index in [-0.39, 0.29) is 11.9 Å². The fourth-order valence-electron chi connectivity index (χ4n) is 3.02. The first-order valence-electron chi connectivity index (χ1n) is 8.26. The Morgan fingerprint density at radius 1 is 1.18 bits per heavy atom. The molecule has 1 amide bonds. The zero-order chi connectivity index (χ0) is 15.2. The van der Waals surface area contributed by atoms with Gasteiger partial charge in [-0.05, 0) is 37.0 Å². The van der Waals surface area contributed by atoms with Gasteiger partial charge in [-0.3, -0.25) is 4.79 Å². The fraction of sp³-hybridized carbons (Fsp3) is 0.588. The highest BCUT2D eigenvalue weighted by Crippen LogP contribution is 2.17. The fourth-order valence-corrected chi connectivity index (χ4v) is 3.02. The number of hydrogen-bond donors (Lipinski definition) is 2. The predicted molar refractivity (Wildman–Crippen MR) is 87.0 cm³/mol. The Balaban J connectivity index is 1.53. The minimum absolute atomic E-state index is 0.0542. The lowest BCUT2D eigenvalue weighted by Gasteiger charge is -2.29. The lowest BCUT2D eigenvalue weighted by molar-refractivity contribution is -0.122. The number of nitrogens with zero attached hydrogens (tertiary/aromatic N) is 1. The number of amides is 1. The summed E-state index contributed by atoms with van der Waals surface area (Å²) in [4.78, 5) is 14.3. The maximum atomic E-state index is 11.9. The topological polar surface area (TPSA) is 53.6 Å². The van der Waals surface area contributed by atoms with Crippen LogP contribution in [0.1, 0.15) is 24.8 Å². The Hall–Kier alpha value is -1.59. The summed E-state index contributed by atoms with van der Waals surface area (Å²) in [5, 5.41) is 6.34. The summed E-state index contributed by atoms with van der Waals surface area (Å²) in [5.74, 6) is 0.141. The SMILES string of the molecule is O=C1NCCCC[C@H]1NCc1ccc(N2CCOCC2)cc1. The van der Waals surface area contributed by atoms with E-state index in [2.05, 4.69) is 39.8 Å². The van der Waals surface area contributed by atoms with Gasteiger partial charge < -0.3 is 20.3 Å². The molecule has 22 heavy (non-hydrogen) atoms. The van der Waals surface area contributed by atoms with Crippen LogP contribution in [0, 0.1) is 0 Å². The van der Waals surface area contributed by atoms with E-state index < -0.39 is 0 Å². The second-order valence-corrected chi connectivity index (χ2v) is 5.99. The first-order chi connectivity index (χ1) is 10.8. The summed E-state index contributed by atoms with van der Waals surface area (Å²) in [5.41, 5.74) is 2.47. The van der Waals surface area contributed by atoms with Crippen LogP contribution in [0.25, 0.3) is 0 Å². The molecule has 2 fully saturated rings. The third-order valence-electron chi connectivity index (χ3n) is 4.40. The number of benzene rings is 1. The van der Waals surface area contributed by atoms with Crippen LogP contribution in [0.3, 0.4) is 0 Å². The summed E-state index contributed by atoms with van der Waals surface area (Å²) in [7, 11) is 0. The number of morpholine rings is 1. The van der Waals surface area contributed by atoms with E-state index in [9.17, 15) is 4.79 Å². The minimum atomic E-state index is -0.0542. The molecule has 2 heterocycles. The molecule has 0 saturated carbocycles. The van der Waals surface area contributed by atoms with Crippen molar-refractivity contribution in [1.82, 2.24) is 10.6 Å². The van der Waals surface area contributed by atoms with Gasteiger partial charge in [-0.2, -0.15) is 0 Å². The standard InChI is InChI=1S/C17H25N3O2/c21-17-16(3-1-2-8-18-17)19-13-14-4-6-15(7-5-14)20-9-11-22-12-10-20/h4-7,16,19H,1-3,8-13H2,(H,18,21)/t16-/m1/s1. The second-order valence-electron chi connectivity index (χ2n) is 5.99. The Morgan fingerprint density at radius 3 is 2.73 bits per heavy atom. The van der Waals surface area contributed by atoms with Gasteiger partial charge in [0, 0.05) is 31.9 Å². The Bertz CT molecular complexity index is 483. The van der Waals surface area contributed by atoms with Crippen molar-refractivity contribution in [3.8, 4) is 0 Å².